The predicted octanol–water partition coefficient (Wildman–Crippen LogP) is -0.161. The summed E-state index contributed by atoms with van der Waals surface area (Å²) < 4.78 is 5.74. The molecular formula is C14H22N3O2+. The van der Waals surface area contributed by atoms with Gasteiger partial charge in [0.1, 0.15) is 43.4 Å². The van der Waals surface area contributed by atoms with E-state index in [1.807, 2.05) is 0 Å². The maximum atomic E-state index is 11.7. The molecule has 104 valence electrons. The van der Waals surface area contributed by atoms with Crippen LogP contribution in [0.2, 0.25) is 0 Å². The van der Waals surface area contributed by atoms with E-state index in [0.717, 1.165) is 44.0 Å². The fourth-order valence-electron chi connectivity index (χ4n) is 2.96. The molecule has 0 bridgehead atoms. The van der Waals surface area contributed by atoms with E-state index in [-0.39, 0.29) is 17.8 Å². The molecule has 1 aliphatic heterocycles. The molecule has 2 fully saturated rings. The van der Waals surface area contributed by atoms with Crippen molar-refractivity contribution in [1.29, 1.82) is 0 Å². The lowest BCUT2D eigenvalue weighted by Crippen LogP contribution is -3.14. The van der Waals surface area contributed by atoms with Crippen LogP contribution in [0.3, 0.4) is 0 Å². The van der Waals surface area contributed by atoms with Crippen molar-refractivity contribution < 1.29 is 9.64 Å². The molecule has 1 aliphatic carbocycles. The number of ether oxygens (including phenoxy) is 1. The number of rotatable bonds is 3. The second-order valence-corrected chi connectivity index (χ2v) is 5.99. The number of nitrogens with one attached hydrogen (secondary N) is 2. The highest BCUT2D eigenvalue weighted by molar-refractivity contribution is 5.09. The fourth-order valence-corrected chi connectivity index (χ4v) is 2.96. The topological polar surface area (TPSA) is 59.4 Å². The number of morpholine rings is 1. The lowest BCUT2D eigenvalue weighted by atomic mass is 10.2. The molecule has 5 heteroatoms. The van der Waals surface area contributed by atoms with Gasteiger partial charge in [0.15, 0.2) is 0 Å². The first-order valence-electron chi connectivity index (χ1n) is 7.19. The van der Waals surface area contributed by atoms with Gasteiger partial charge in [-0.15, -0.1) is 0 Å². The summed E-state index contributed by atoms with van der Waals surface area (Å²) in [5, 5.41) is 0. The second kappa shape index (κ2) is 5.06. The molecule has 0 spiro atoms. The molecule has 2 aliphatic rings. The summed E-state index contributed by atoms with van der Waals surface area (Å²) in [5.74, 6) is 1.38. The minimum Gasteiger partial charge on any atom is -0.364 e. The van der Waals surface area contributed by atoms with Crippen molar-refractivity contribution >= 4 is 0 Å². The van der Waals surface area contributed by atoms with Crippen LogP contribution < -0.4 is 10.5 Å². The Morgan fingerprint density at radius 1 is 1.37 bits per heavy atom. The highest BCUT2D eigenvalue weighted by Gasteiger charge is 2.28. The molecule has 3 rings (SSSR count). The smallest absolute Gasteiger partial charge is 0.251 e. The van der Waals surface area contributed by atoms with Gasteiger partial charge < -0.3 is 14.6 Å². The molecule has 1 unspecified atom stereocenters. The Morgan fingerprint density at radius 3 is 2.68 bits per heavy atom. The Balaban J connectivity index is 1.73. The summed E-state index contributed by atoms with van der Waals surface area (Å²) in [7, 11) is 0. The van der Waals surface area contributed by atoms with E-state index in [0.29, 0.717) is 5.92 Å². The number of quaternary nitrogens is 1. The van der Waals surface area contributed by atoms with Gasteiger partial charge in [0.05, 0.1) is 0 Å². The lowest BCUT2D eigenvalue weighted by Gasteiger charge is -2.32. The van der Waals surface area contributed by atoms with Gasteiger partial charge in [0, 0.05) is 12.0 Å². The number of aromatic nitrogens is 2. The summed E-state index contributed by atoms with van der Waals surface area (Å²) in [6.45, 7) is 7.00. The van der Waals surface area contributed by atoms with Crippen molar-refractivity contribution in [3.05, 3.63) is 27.9 Å². The van der Waals surface area contributed by atoms with Crippen molar-refractivity contribution in [2.45, 2.75) is 51.4 Å². The van der Waals surface area contributed by atoms with Gasteiger partial charge in [-0.3, -0.25) is 4.79 Å². The first-order valence-corrected chi connectivity index (χ1v) is 7.19. The maximum absolute atomic E-state index is 11.7. The molecule has 0 radical (unpaired) electrons. The van der Waals surface area contributed by atoms with Gasteiger partial charge in [-0.05, 0) is 26.7 Å². The fraction of sp³-hybridized carbons (Fsp3) is 0.714. The normalized spacial score (nSPS) is 31.4. The van der Waals surface area contributed by atoms with Gasteiger partial charge in [-0.25, -0.2) is 4.98 Å². The Hall–Kier alpha value is -1.20. The maximum Gasteiger partial charge on any atom is 0.251 e. The minimum absolute atomic E-state index is 0.0133. The number of hydrogen-bond acceptors (Lipinski definition) is 3. The predicted molar refractivity (Wildman–Crippen MR) is 71.2 cm³/mol. The van der Waals surface area contributed by atoms with Gasteiger partial charge >= 0.3 is 0 Å². The molecule has 2 N–H and O–H groups in total. The molecule has 1 saturated carbocycles. The van der Waals surface area contributed by atoms with Crippen LogP contribution >= 0.6 is 0 Å². The first-order chi connectivity index (χ1) is 9.10. The molecule has 0 aromatic carbocycles. The van der Waals surface area contributed by atoms with Crippen LogP contribution in [0.4, 0.5) is 0 Å². The van der Waals surface area contributed by atoms with E-state index in [1.54, 1.807) is 6.07 Å². The number of hydrogen-bond donors (Lipinski definition) is 2. The van der Waals surface area contributed by atoms with E-state index >= 15 is 0 Å². The zero-order chi connectivity index (χ0) is 13.4. The Morgan fingerprint density at radius 2 is 2.05 bits per heavy atom. The lowest BCUT2D eigenvalue weighted by molar-refractivity contribution is -0.928. The molecule has 0 amide bonds. The highest BCUT2D eigenvalue weighted by Crippen LogP contribution is 2.37. The zero-order valence-corrected chi connectivity index (χ0v) is 11.6. The number of H-pyrrole nitrogens is 1. The van der Waals surface area contributed by atoms with Crippen molar-refractivity contribution in [2.75, 3.05) is 13.1 Å². The van der Waals surface area contributed by atoms with Crippen LogP contribution in [0.5, 0.6) is 0 Å². The van der Waals surface area contributed by atoms with Gasteiger partial charge in [-0.2, -0.15) is 0 Å². The minimum atomic E-state index is -0.0133. The largest absolute Gasteiger partial charge is 0.364 e. The van der Waals surface area contributed by atoms with Crippen LogP contribution in [-0.4, -0.2) is 35.3 Å². The van der Waals surface area contributed by atoms with Crippen molar-refractivity contribution in [3.8, 4) is 0 Å². The number of aromatic amines is 1. The Bertz CT molecular complexity index is 500. The Labute approximate surface area is 113 Å². The third-order valence-electron chi connectivity index (χ3n) is 3.83. The van der Waals surface area contributed by atoms with Gasteiger partial charge in [0.25, 0.3) is 5.56 Å². The van der Waals surface area contributed by atoms with Gasteiger partial charge in [-0.1, -0.05) is 0 Å². The van der Waals surface area contributed by atoms with E-state index < -0.39 is 0 Å². The second-order valence-electron chi connectivity index (χ2n) is 5.99. The summed E-state index contributed by atoms with van der Waals surface area (Å²) in [6, 6.07) is 1.64. The van der Waals surface area contributed by atoms with E-state index in [2.05, 4.69) is 23.8 Å². The molecule has 1 aromatic heterocycles. The number of nitrogens with zero attached hydrogens (tertiary/aromatic N) is 1. The molecule has 2 heterocycles. The highest BCUT2D eigenvalue weighted by atomic mass is 16.5. The van der Waals surface area contributed by atoms with E-state index in [4.69, 9.17) is 4.74 Å². The van der Waals surface area contributed by atoms with Crippen LogP contribution in [0.1, 0.15) is 44.1 Å². The van der Waals surface area contributed by atoms with Crippen LogP contribution in [0.15, 0.2) is 10.9 Å². The first kappa shape index (κ1) is 12.8. The summed E-state index contributed by atoms with van der Waals surface area (Å²) >= 11 is 0. The summed E-state index contributed by atoms with van der Waals surface area (Å²) in [5.41, 5.74) is 0.905. The van der Waals surface area contributed by atoms with E-state index in [1.165, 1.54) is 4.90 Å². The molecular weight excluding hydrogens is 242 g/mol. The van der Waals surface area contributed by atoms with Crippen LogP contribution in [-0.2, 0) is 11.3 Å². The third kappa shape index (κ3) is 3.22. The summed E-state index contributed by atoms with van der Waals surface area (Å²) in [4.78, 5) is 20.6. The summed E-state index contributed by atoms with van der Waals surface area (Å²) in [6.07, 6.45) is 2.88. The molecule has 3 atom stereocenters. The molecule has 1 aromatic rings. The Kier molecular flexibility index (Phi) is 3.41. The van der Waals surface area contributed by atoms with Crippen molar-refractivity contribution in [1.82, 2.24) is 9.97 Å². The monoisotopic (exact) mass is 264 g/mol. The van der Waals surface area contributed by atoms with Gasteiger partial charge in [0.2, 0.25) is 0 Å². The van der Waals surface area contributed by atoms with Crippen LogP contribution in [0, 0.1) is 0 Å². The van der Waals surface area contributed by atoms with Crippen molar-refractivity contribution in [3.63, 3.8) is 0 Å². The quantitative estimate of drug-likeness (QED) is 0.797. The SMILES string of the molecule is C[C@@H]1C[NH+](Cc2cc(=O)[nH]c(C3CC3)n2)C[C@H](C)O1. The zero-order valence-electron chi connectivity index (χ0n) is 11.6. The third-order valence-corrected chi connectivity index (χ3v) is 3.83. The average molecular weight is 264 g/mol. The van der Waals surface area contributed by atoms with E-state index in [9.17, 15) is 4.79 Å². The average Bonchev–Trinajstić information content (AvgIpc) is 3.09. The standard InChI is InChI=1S/C14H21N3O2/c1-9-6-17(7-10(2)19-9)8-12-5-13(18)16-14(15-12)11-3-4-11/h5,9-11H,3-4,6-8H2,1-2H3,(H,15,16,18)/p+1/t9-,10+. The molecule has 19 heavy (non-hydrogen) atoms. The van der Waals surface area contributed by atoms with Crippen molar-refractivity contribution in [2.24, 2.45) is 0 Å². The molecule has 1 saturated heterocycles. The molecule has 5 nitrogen and oxygen atoms in total. The van der Waals surface area contributed by atoms with Crippen LogP contribution in [0.25, 0.3) is 0 Å².